The minimum atomic E-state index is -0.667. The Bertz CT molecular complexity index is 320. The molecule has 2 nitrogen and oxygen atoms in total. The lowest BCUT2D eigenvalue weighted by Crippen LogP contribution is -2.38. The molecule has 3 heteroatoms. The van der Waals surface area contributed by atoms with Crippen LogP contribution < -0.4 is 5.32 Å². The highest BCUT2D eigenvalue weighted by Gasteiger charge is 2.13. The zero-order valence-corrected chi connectivity index (χ0v) is 9.42. The van der Waals surface area contributed by atoms with Crippen LogP contribution in [0, 0.1) is 5.82 Å². The summed E-state index contributed by atoms with van der Waals surface area (Å²) < 4.78 is 12.9. The van der Waals surface area contributed by atoms with Crippen LogP contribution in [0.25, 0.3) is 0 Å². The van der Waals surface area contributed by atoms with Crippen molar-refractivity contribution >= 4 is 0 Å². The van der Waals surface area contributed by atoms with E-state index >= 15 is 0 Å². The van der Waals surface area contributed by atoms with E-state index in [1.807, 2.05) is 20.8 Å². The Hall–Kier alpha value is -0.930. The van der Waals surface area contributed by atoms with Crippen molar-refractivity contribution in [3.63, 3.8) is 0 Å². The van der Waals surface area contributed by atoms with Crippen LogP contribution in [-0.2, 0) is 0 Å². The van der Waals surface area contributed by atoms with Crippen LogP contribution in [0.5, 0.6) is 0 Å². The van der Waals surface area contributed by atoms with Gasteiger partial charge in [0.25, 0.3) is 0 Å². The molecule has 2 N–H and O–H groups in total. The van der Waals surface area contributed by atoms with Crippen molar-refractivity contribution in [2.45, 2.75) is 32.4 Å². The van der Waals surface area contributed by atoms with Gasteiger partial charge in [0.1, 0.15) is 5.82 Å². The van der Waals surface area contributed by atoms with Gasteiger partial charge in [-0.3, -0.25) is 0 Å². The number of β-amino-alcohol motifs (C(OH)–C–C–N with tert-alkyl or cyclic N) is 1. The topological polar surface area (TPSA) is 32.3 Å². The number of halogens is 1. The first-order valence-corrected chi connectivity index (χ1v) is 5.07. The number of benzene rings is 1. The molecule has 0 radical (unpaired) electrons. The fraction of sp³-hybridized carbons (Fsp3) is 0.500. The van der Waals surface area contributed by atoms with Gasteiger partial charge < -0.3 is 10.4 Å². The summed E-state index contributed by atoms with van der Waals surface area (Å²) in [7, 11) is 0. The van der Waals surface area contributed by atoms with Crippen molar-refractivity contribution in [1.82, 2.24) is 5.32 Å². The molecule has 0 aliphatic heterocycles. The molecule has 1 aromatic carbocycles. The molecule has 0 aromatic heterocycles. The van der Waals surface area contributed by atoms with E-state index in [2.05, 4.69) is 5.32 Å². The third kappa shape index (κ3) is 4.40. The highest BCUT2D eigenvalue weighted by atomic mass is 19.1. The number of rotatable bonds is 3. The molecule has 84 valence electrons. The molecule has 0 bridgehead atoms. The number of aliphatic hydroxyl groups is 1. The summed E-state index contributed by atoms with van der Waals surface area (Å²) in [6.45, 7) is 6.48. The number of hydrogen-bond donors (Lipinski definition) is 2. The zero-order valence-electron chi connectivity index (χ0n) is 9.42. The Balaban J connectivity index is 2.58. The quantitative estimate of drug-likeness (QED) is 0.803. The van der Waals surface area contributed by atoms with E-state index in [9.17, 15) is 9.50 Å². The Labute approximate surface area is 90.1 Å². The molecule has 1 rings (SSSR count). The van der Waals surface area contributed by atoms with Crippen LogP contribution in [0.1, 0.15) is 32.4 Å². The maximum absolute atomic E-state index is 12.9. The lowest BCUT2D eigenvalue weighted by molar-refractivity contribution is 0.163. The van der Waals surface area contributed by atoms with Crippen molar-refractivity contribution in [3.8, 4) is 0 Å². The monoisotopic (exact) mass is 211 g/mol. The SMILES string of the molecule is CC(C)(C)NCC(O)c1cccc(F)c1. The predicted molar refractivity (Wildman–Crippen MR) is 59.1 cm³/mol. The van der Waals surface area contributed by atoms with E-state index in [0.717, 1.165) is 0 Å². The van der Waals surface area contributed by atoms with Crippen LogP contribution in [0.3, 0.4) is 0 Å². The molecular formula is C12H18FNO. The molecule has 1 aromatic rings. The number of hydrogen-bond acceptors (Lipinski definition) is 2. The van der Waals surface area contributed by atoms with E-state index in [-0.39, 0.29) is 11.4 Å². The highest BCUT2D eigenvalue weighted by molar-refractivity contribution is 5.19. The van der Waals surface area contributed by atoms with Gasteiger partial charge in [0.15, 0.2) is 0 Å². The van der Waals surface area contributed by atoms with Crippen LogP contribution in [-0.4, -0.2) is 17.2 Å². The van der Waals surface area contributed by atoms with Gasteiger partial charge in [0, 0.05) is 12.1 Å². The molecule has 0 aliphatic carbocycles. The van der Waals surface area contributed by atoms with Gasteiger partial charge in [-0.25, -0.2) is 4.39 Å². The third-order valence-electron chi connectivity index (χ3n) is 2.06. The summed E-state index contributed by atoms with van der Waals surface area (Å²) >= 11 is 0. The van der Waals surface area contributed by atoms with Gasteiger partial charge in [0.2, 0.25) is 0 Å². The minimum absolute atomic E-state index is 0.0473. The van der Waals surface area contributed by atoms with E-state index in [4.69, 9.17) is 0 Å². The van der Waals surface area contributed by atoms with Crippen molar-refractivity contribution < 1.29 is 9.50 Å². The molecule has 0 aliphatic rings. The molecule has 0 fully saturated rings. The molecule has 0 heterocycles. The standard InChI is InChI=1S/C12H18FNO/c1-12(2,3)14-8-11(15)9-5-4-6-10(13)7-9/h4-7,11,14-15H,8H2,1-3H3. The Kier molecular flexibility index (Phi) is 3.83. The van der Waals surface area contributed by atoms with Gasteiger partial charge in [-0.1, -0.05) is 12.1 Å². The molecular weight excluding hydrogens is 193 g/mol. The van der Waals surface area contributed by atoms with E-state index < -0.39 is 6.10 Å². The second kappa shape index (κ2) is 4.73. The van der Waals surface area contributed by atoms with E-state index in [1.54, 1.807) is 12.1 Å². The fourth-order valence-electron chi connectivity index (χ4n) is 1.23. The van der Waals surface area contributed by atoms with Gasteiger partial charge in [-0.15, -0.1) is 0 Å². The van der Waals surface area contributed by atoms with Crippen molar-refractivity contribution in [2.75, 3.05) is 6.54 Å². The number of nitrogens with one attached hydrogen (secondary N) is 1. The van der Waals surface area contributed by atoms with Crippen molar-refractivity contribution in [3.05, 3.63) is 35.6 Å². The summed E-state index contributed by atoms with van der Waals surface area (Å²) in [4.78, 5) is 0. The number of aliphatic hydroxyl groups excluding tert-OH is 1. The van der Waals surface area contributed by atoms with Crippen molar-refractivity contribution in [1.29, 1.82) is 0 Å². The average molecular weight is 211 g/mol. The predicted octanol–water partition coefficient (Wildman–Crippen LogP) is 2.25. The summed E-state index contributed by atoms with van der Waals surface area (Å²) in [6.07, 6.45) is -0.667. The zero-order chi connectivity index (χ0) is 11.5. The maximum Gasteiger partial charge on any atom is 0.123 e. The van der Waals surface area contributed by atoms with Crippen LogP contribution in [0.4, 0.5) is 4.39 Å². The first kappa shape index (κ1) is 12.1. The largest absolute Gasteiger partial charge is 0.387 e. The first-order chi connectivity index (χ1) is 6.88. The summed E-state index contributed by atoms with van der Waals surface area (Å²) in [5.74, 6) is -0.317. The van der Waals surface area contributed by atoms with E-state index in [1.165, 1.54) is 12.1 Å². The van der Waals surface area contributed by atoms with Gasteiger partial charge in [-0.2, -0.15) is 0 Å². The highest BCUT2D eigenvalue weighted by Crippen LogP contribution is 2.14. The average Bonchev–Trinajstić information content (AvgIpc) is 2.13. The van der Waals surface area contributed by atoms with Gasteiger partial charge in [-0.05, 0) is 38.5 Å². The minimum Gasteiger partial charge on any atom is -0.387 e. The van der Waals surface area contributed by atoms with Gasteiger partial charge >= 0.3 is 0 Å². The van der Waals surface area contributed by atoms with Crippen LogP contribution in [0.2, 0.25) is 0 Å². The second-order valence-corrected chi connectivity index (χ2v) is 4.70. The van der Waals surface area contributed by atoms with Crippen LogP contribution in [0.15, 0.2) is 24.3 Å². The molecule has 0 saturated heterocycles. The molecule has 1 unspecified atom stereocenters. The fourth-order valence-corrected chi connectivity index (χ4v) is 1.23. The summed E-state index contributed by atoms with van der Waals surface area (Å²) in [6, 6.07) is 6.05. The Morgan fingerprint density at radius 3 is 2.60 bits per heavy atom. The molecule has 0 amide bonds. The lowest BCUT2D eigenvalue weighted by atomic mass is 10.1. The second-order valence-electron chi connectivity index (χ2n) is 4.70. The van der Waals surface area contributed by atoms with Crippen LogP contribution >= 0.6 is 0 Å². The molecule has 15 heavy (non-hydrogen) atoms. The third-order valence-corrected chi connectivity index (χ3v) is 2.06. The normalized spacial score (nSPS) is 13.9. The smallest absolute Gasteiger partial charge is 0.123 e. The lowest BCUT2D eigenvalue weighted by Gasteiger charge is -2.23. The Morgan fingerprint density at radius 1 is 1.40 bits per heavy atom. The van der Waals surface area contributed by atoms with Gasteiger partial charge in [0.05, 0.1) is 6.10 Å². The van der Waals surface area contributed by atoms with Crippen molar-refractivity contribution in [2.24, 2.45) is 0 Å². The Morgan fingerprint density at radius 2 is 2.07 bits per heavy atom. The summed E-state index contributed by atoms with van der Waals surface area (Å²) in [5, 5.41) is 12.9. The molecule has 1 atom stereocenters. The first-order valence-electron chi connectivity index (χ1n) is 5.07. The summed E-state index contributed by atoms with van der Waals surface area (Å²) in [5.41, 5.74) is 0.556. The molecule has 0 spiro atoms. The molecule has 0 saturated carbocycles. The maximum atomic E-state index is 12.9. The van der Waals surface area contributed by atoms with E-state index in [0.29, 0.717) is 12.1 Å².